The van der Waals surface area contributed by atoms with E-state index in [1.54, 1.807) is 0 Å². The van der Waals surface area contributed by atoms with E-state index in [4.69, 9.17) is 4.74 Å². The average molecular weight is 277 g/mol. The molecule has 0 aliphatic carbocycles. The number of aryl methyl sites for hydroxylation is 1. The zero-order valence-electron chi connectivity index (χ0n) is 12.9. The Morgan fingerprint density at radius 3 is 2.55 bits per heavy atom. The molecule has 1 aromatic rings. The zero-order valence-corrected chi connectivity index (χ0v) is 12.9. The Morgan fingerprint density at radius 2 is 1.90 bits per heavy atom. The molecule has 4 heteroatoms. The topological polar surface area (TPSA) is 45.7 Å². The molecule has 2 N–H and O–H groups in total. The number of rotatable bonds is 8. The maximum atomic E-state index is 5.68. The molecule has 1 aromatic carbocycles. The number of hydrogen-bond acceptors (Lipinski definition) is 2. The summed E-state index contributed by atoms with van der Waals surface area (Å²) in [6.07, 6.45) is 2.01. The van der Waals surface area contributed by atoms with Crippen molar-refractivity contribution < 1.29 is 4.74 Å². The van der Waals surface area contributed by atoms with Crippen molar-refractivity contribution in [2.75, 3.05) is 26.2 Å². The van der Waals surface area contributed by atoms with Crippen molar-refractivity contribution in [2.24, 2.45) is 4.99 Å². The van der Waals surface area contributed by atoms with E-state index < -0.39 is 0 Å². The Morgan fingerprint density at radius 1 is 1.15 bits per heavy atom. The van der Waals surface area contributed by atoms with Gasteiger partial charge in [-0.05, 0) is 38.8 Å². The van der Waals surface area contributed by atoms with Crippen LogP contribution in [-0.2, 0) is 0 Å². The maximum Gasteiger partial charge on any atom is 0.191 e. The molecule has 0 aliphatic heterocycles. The minimum absolute atomic E-state index is 0.712. The van der Waals surface area contributed by atoms with E-state index in [1.807, 2.05) is 12.1 Å². The summed E-state index contributed by atoms with van der Waals surface area (Å²) in [7, 11) is 0. The summed E-state index contributed by atoms with van der Waals surface area (Å²) in [5.74, 6) is 1.83. The lowest BCUT2D eigenvalue weighted by Gasteiger charge is -2.11. The van der Waals surface area contributed by atoms with Gasteiger partial charge in [0.2, 0.25) is 0 Å². The summed E-state index contributed by atoms with van der Waals surface area (Å²) in [5, 5.41) is 6.54. The second-order valence-corrected chi connectivity index (χ2v) is 4.70. The highest BCUT2D eigenvalue weighted by Crippen LogP contribution is 2.11. The number of benzene rings is 1. The third-order valence-electron chi connectivity index (χ3n) is 2.74. The van der Waals surface area contributed by atoms with Crippen molar-refractivity contribution in [3.05, 3.63) is 29.8 Å². The molecule has 0 amide bonds. The lowest BCUT2D eigenvalue weighted by molar-refractivity contribution is 0.311. The van der Waals surface area contributed by atoms with Gasteiger partial charge in [-0.15, -0.1) is 0 Å². The molecule has 0 radical (unpaired) electrons. The minimum atomic E-state index is 0.712. The maximum absolute atomic E-state index is 5.68. The Bertz CT molecular complexity index is 387. The van der Waals surface area contributed by atoms with E-state index in [-0.39, 0.29) is 0 Å². The molecule has 0 aliphatic rings. The quantitative estimate of drug-likeness (QED) is 0.436. The van der Waals surface area contributed by atoms with E-state index in [1.165, 1.54) is 5.56 Å². The number of ether oxygens (including phenoxy) is 1. The molecule has 0 saturated heterocycles. The van der Waals surface area contributed by atoms with Gasteiger partial charge in [-0.1, -0.05) is 24.6 Å². The summed E-state index contributed by atoms with van der Waals surface area (Å²) >= 11 is 0. The fraction of sp³-hybridized carbons (Fsp3) is 0.562. The van der Waals surface area contributed by atoms with Crippen LogP contribution in [0.5, 0.6) is 5.75 Å². The molecule has 0 heterocycles. The van der Waals surface area contributed by atoms with Crippen LogP contribution in [-0.4, -0.2) is 32.2 Å². The molecule has 0 aromatic heterocycles. The van der Waals surface area contributed by atoms with Gasteiger partial charge in [0.05, 0.1) is 6.61 Å². The standard InChI is InChI=1S/C16H27N3O/c1-4-11-18-16(17-5-2)19-12-6-13-20-15-9-7-14(3)8-10-15/h7-10H,4-6,11-13H2,1-3H3,(H2,17,18,19). The zero-order chi connectivity index (χ0) is 14.6. The minimum Gasteiger partial charge on any atom is -0.494 e. The highest BCUT2D eigenvalue weighted by Gasteiger charge is 1.97. The van der Waals surface area contributed by atoms with Crippen molar-refractivity contribution in [3.63, 3.8) is 0 Å². The fourth-order valence-corrected chi connectivity index (χ4v) is 1.67. The van der Waals surface area contributed by atoms with Crippen LogP contribution in [0.2, 0.25) is 0 Å². The monoisotopic (exact) mass is 277 g/mol. The summed E-state index contributed by atoms with van der Waals surface area (Å²) in [5.41, 5.74) is 1.25. The highest BCUT2D eigenvalue weighted by molar-refractivity contribution is 5.79. The van der Waals surface area contributed by atoms with Gasteiger partial charge >= 0.3 is 0 Å². The van der Waals surface area contributed by atoms with E-state index in [9.17, 15) is 0 Å². The third kappa shape index (κ3) is 7.02. The summed E-state index contributed by atoms with van der Waals surface area (Å²) in [6.45, 7) is 9.59. The van der Waals surface area contributed by atoms with Crippen LogP contribution in [0.4, 0.5) is 0 Å². The molecule has 0 bridgehead atoms. The van der Waals surface area contributed by atoms with Crippen molar-refractivity contribution >= 4 is 5.96 Å². The summed E-state index contributed by atoms with van der Waals surface area (Å²) in [4.78, 5) is 4.45. The van der Waals surface area contributed by atoms with Gasteiger partial charge in [-0.3, -0.25) is 4.99 Å². The molecule has 0 unspecified atom stereocenters. The van der Waals surface area contributed by atoms with Gasteiger partial charge in [0, 0.05) is 19.6 Å². The predicted octanol–water partition coefficient (Wildman–Crippen LogP) is 2.73. The Hall–Kier alpha value is -1.71. The molecule has 1 rings (SSSR count). The Balaban J connectivity index is 2.18. The van der Waals surface area contributed by atoms with Crippen LogP contribution in [0.25, 0.3) is 0 Å². The largest absolute Gasteiger partial charge is 0.494 e. The number of aliphatic imine (C=N–C) groups is 1. The third-order valence-corrected chi connectivity index (χ3v) is 2.74. The van der Waals surface area contributed by atoms with Gasteiger partial charge in [-0.25, -0.2) is 0 Å². The SMILES string of the molecule is CCCN=C(NCC)NCCCOc1ccc(C)cc1. The van der Waals surface area contributed by atoms with E-state index in [0.717, 1.165) is 44.2 Å². The first kappa shape index (κ1) is 16.3. The second kappa shape index (κ2) is 10.1. The first-order chi connectivity index (χ1) is 9.76. The van der Waals surface area contributed by atoms with E-state index >= 15 is 0 Å². The summed E-state index contributed by atoms with van der Waals surface area (Å²) in [6, 6.07) is 8.15. The second-order valence-electron chi connectivity index (χ2n) is 4.70. The molecule has 0 spiro atoms. The molecular formula is C16H27N3O. The normalized spacial score (nSPS) is 11.2. The Labute approximate surface area is 122 Å². The molecular weight excluding hydrogens is 250 g/mol. The summed E-state index contributed by atoms with van der Waals surface area (Å²) < 4.78 is 5.68. The first-order valence-corrected chi connectivity index (χ1v) is 7.48. The smallest absolute Gasteiger partial charge is 0.191 e. The van der Waals surface area contributed by atoms with Crippen LogP contribution in [0.3, 0.4) is 0 Å². The molecule has 20 heavy (non-hydrogen) atoms. The van der Waals surface area contributed by atoms with Crippen molar-refractivity contribution in [1.29, 1.82) is 0 Å². The van der Waals surface area contributed by atoms with Gasteiger partial charge in [0.15, 0.2) is 5.96 Å². The predicted molar refractivity (Wildman–Crippen MR) is 85.6 cm³/mol. The molecule has 112 valence electrons. The van der Waals surface area contributed by atoms with Crippen molar-refractivity contribution in [3.8, 4) is 5.75 Å². The van der Waals surface area contributed by atoms with Gasteiger partial charge in [0.1, 0.15) is 5.75 Å². The van der Waals surface area contributed by atoms with E-state index in [0.29, 0.717) is 6.61 Å². The van der Waals surface area contributed by atoms with Gasteiger partial charge in [0.25, 0.3) is 0 Å². The van der Waals surface area contributed by atoms with Crippen LogP contribution in [0, 0.1) is 6.92 Å². The highest BCUT2D eigenvalue weighted by atomic mass is 16.5. The number of nitrogens with one attached hydrogen (secondary N) is 2. The van der Waals surface area contributed by atoms with Crippen LogP contribution in [0.1, 0.15) is 32.3 Å². The average Bonchev–Trinajstić information content (AvgIpc) is 2.46. The molecule has 0 fully saturated rings. The van der Waals surface area contributed by atoms with Crippen molar-refractivity contribution in [2.45, 2.75) is 33.6 Å². The number of nitrogens with zero attached hydrogens (tertiary/aromatic N) is 1. The van der Waals surface area contributed by atoms with Gasteiger partial charge in [-0.2, -0.15) is 0 Å². The lowest BCUT2D eigenvalue weighted by Crippen LogP contribution is -2.38. The van der Waals surface area contributed by atoms with Crippen molar-refractivity contribution in [1.82, 2.24) is 10.6 Å². The number of guanidine groups is 1. The lowest BCUT2D eigenvalue weighted by atomic mass is 10.2. The van der Waals surface area contributed by atoms with Gasteiger partial charge < -0.3 is 15.4 Å². The molecule has 4 nitrogen and oxygen atoms in total. The fourth-order valence-electron chi connectivity index (χ4n) is 1.67. The Kier molecular flexibility index (Phi) is 8.27. The number of hydrogen-bond donors (Lipinski definition) is 2. The van der Waals surface area contributed by atoms with Crippen LogP contribution < -0.4 is 15.4 Å². The molecule has 0 saturated carbocycles. The molecule has 0 atom stereocenters. The van der Waals surface area contributed by atoms with E-state index in [2.05, 4.69) is 48.5 Å². The first-order valence-electron chi connectivity index (χ1n) is 7.48. The van der Waals surface area contributed by atoms with Crippen LogP contribution in [0.15, 0.2) is 29.3 Å². The van der Waals surface area contributed by atoms with Crippen LogP contribution >= 0.6 is 0 Å².